The van der Waals surface area contributed by atoms with Crippen LogP contribution in [0.3, 0.4) is 0 Å². The number of aliphatic carboxylic acids is 1. The fraction of sp³-hybridized carbons (Fsp3) is 0.500. The average Bonchev–Trinajstić information content (AvgIpc) is 2.75. The molecular formula is C10H14N2O3. The van der Waals surface area contributed by atoms with Crippen molar-refractivity contribution in [3.8, 4) is 0 Å². The smallest absolute Gasteiger partial charge is 0.320 e. The van der Waals surface area contributed by atoms with Gasteiger partial charge in [0.2, 0.25) is 0 Å². The molecule has 0 saturated carbocycles. The zero-order chi connectivity index (χ0) is 10.8. The van der Waals surface area contributed by atoms with Crippen molar-refractivity contribution in [1.82, 2.24) is 4.90 Å². The number of nitrogens with two attached hydrogens (primary N) is 1. The quantitative estimate of drug-likeness (QED) is 0.748. The second kappa shape index (κ2) is 4.04. The molecule has 1 aliphatic heterocycles. The van der Waals surface area contributed by atoms with Gasteiger partial charge in [0.25, 0.3) is 0 Å². The van der Waals surface area contributed by atoms with Crippen molar-refractivity contribution in [2.75, 3.05) is 6.54 Å². The average molecular weight is 210 g/mol. The first-order chi connectivity index (χ1) is 7.16. The molecule has 5 heteroatoms. The van der Waals surface area contributed by atoms with E-state index in [1.807, 2.05) is 11.0 Å². The van der Waals surface area contributed by atoms with Gasteiger partial charge in [-0.2, -0.15) is 0 Å². The summed E-state index contributed by atoms with van der Waals surface area (Å²) in [6.07, 6.45) is 2.09. The lowest BCUT2D eigenvalue weighted by atomic mass is 10.2. The highest BCUT2D eigenvalue weighted by Crippen LogP contribution is 2.19. The molecule has 0 radical (unpaired) electrons. The maximum atomic E-state index is 11.0. The highest BCUT2D eigenvalue weighted by atomic mass is 16.4. The first-order valence-corrected chi connectivity index (χ1v) is 4.91. The van der Waals surface area contributed by atoms with Gasteiger partial charge in [0.1, 0.15) is 11.8 Å². The summed E-state index contributed by atoms with van der Waals surface area (Å²) < 4.78 is 5.18. The van der Waals surface area contributed by atoms with E-state index in [0.29, 0.717) is 19.5 Å². The lowest BCUT2D eigenvalue weighted by Gasteiger charge is -2.19. The van der Waals surface area contributed by atoms with Crippen LogP contribution in [0.1, 0.15) is 12.2 Å². The minimum absolute atomic E-state index is 0.0546. The Hall–Kier alpha value is -1.33. The van der Waals surface area contributed by atoms with Crippen LogP contribution in [-0.4, -0.2) is 34.6 Å². The van der Waals surface area contributed by atoms with Crippen LogP contribution < -0.4 is 5.73 Å². The monoisotopic (exact) mass is 210 g/mol. The summed E-state index contributed by atoms with van der Waals surface area (Å²) >= 11 is 0. The molecule has 2 heterocycles. The lowest BCUT2D eigenvalue weighted by Crippen LogP contribution is -2.35. The van der Waals surface area contributed by atoms with Gasteiger partial charge in [0, 0.05) is 12.6 Å². The minimum Gasteiger partial charge on any atom is -0.480 e. The Labute approximate surface area is 87.5 Å². The summed E-state index contributed by atoms with van der Waals surface area (Å²) in [5.41, 5.74) is 5.75. The van der Waals surface area contributed by atoms with Gasteiger partial charge in [-0.15, -0.1) is 0 Å². The van der Waals surface area contributed by atoms with E-state index in [-0.39, 0.29) is 6.04 Å². The Morgan fingerprint density at radius 1 is 1.73 bits per heavy atom. The molecule has 2 rings (SSSR count). The van der Waals surface area contributed by atoms with Crippen LogP contribution in [0.5, 0.6) is 0 Å². The number of rotatable bonds is 3. The van der Waals surface area contributed by atoms with Crippen molar-refractivity contribution in [3.63, 3.8) is 0 Å². The summed E-state index contributed by atoms with van der Waals surface area (Å²) in [6, 6.07) is 3.09. The highest BCUT2D eigenvalue weighted by molar-refractivity contribution is 5.74. The molecule has 0 aromatic carbocycles. The number of furan rings is 1. The molecule has 1 aromatic heterocycles. The normalized spacial score (nSPS) is 27.0. The van der Waals surface area contributed by atoms with Crippen LogP contribution >= 0.6 is 0 Å². The zero-order valence-corrected chi connectivity index (χ0v) is 8.30. The molecule has 82 valence electrons. The van der Waals surface area contributed by atoms with E-state index in [9.17, 15) is 4.79 Å². The molecule has 5 nitrogen and oxygen atoms in total. The fourth-order valence-electron chi connectivity index (χ4n) is 1.97. The van der Waals surface area contributed by atoms with Gasteiger partial charge in [-0.3, -0.25) is 9.69 Å². The third-order valence-corrected chi connectivity index (χ3v) is 2.66. The molecule has 2 unspecified atom stereocenters. The van der Waals surface area contributed by atoms with Gasteiger partial charge < -0.3 is 15.3 Å². The van der Waals surface area contributed by atoms with Crippen molar-refractivity contribution in [2.45, 2.75) is 25.0 Å². The van der Waals surface area contributed by atoms with E-state index in [4.69, 9.17) is 15.3 Å². The second-order valence-corrected chi connectivity index (χ2v) is 3.86. The first-order valence-electron chi connectivity index (χ1n) is 4.91. The van der Waals surface area contributed by atoms with E-state index in [1.165, 1.54) is 0 Å². The number of carboxylic acid groups (broad SMARTS) is 1. The topological polar surface area (TPSA) is 79.7 Å². The van der Waals surface area contributed by atoms with E-state index in [2.05, 4.69) is 0 Å². The van der Waals surface area contributed by atoms with Crippen molar-refractivity contribution >= 4 is 5.97 Å². The molecule has 0 spiro atoms. The summed E-state index contributed by atoms with van der Waals surface area (Å²) in [4.78, 5) is 12.8. The van der Waals surface area contributed by atoms with Crippen LogP contribution in [0.15, 0.2) is 22.8 Å². The molecule has 1 aliphatic rings. The van der Waals surface area contributed by atoms with Gasteiger partial charge in [-0.25, -0.2) is 0 Å². The SMILES string of the molecule is NC1CC(C(=O)O)N(Cc2ccco2)C1. The van der Waals surface area contributed by atoms with E-state index in [1.54, 1.807) is 12.3 Å². The van der Waals surface area contributed by atoms with Crippen molar-refractivity contribution in [3.05, 3.63) is 24.2 Å². The largest absolute Gasteiger partial charge is 0.480 e. The van der Waals surface area contributed by atoms with Gasteiger partial charge >= 0.3 is 5.97 Å². The number of likely N-dealkylation sites (tertiary alicyclic amines) is 1. The number of carboxylic acids is 1. The molecule has 1 aromatic rings. The standard InChI is InChI=1S/C10H14N2O3/c11-7-4-9(10(13)14)12(5-7)6-8-2-1-3-15-8/h1-3,7,9H,4-6,11H2,(H,13,14). The molecule has 0 aliphatic carbocycles. The predicted molar refractivity (Wildman–Crippen MR) is 53.1 cm³/mol. The molecule has 15 heavy (non-hydrogen) atoms. The molecule has 1 saturated heterocycles. The Morgan fingerprint density at radius 2 is 2.53 bits per heavy atom. The van der Waals surface area contributed by atoms with Crippen molar-refractivity contribution < 1.29 is 14.3 Å². The van der Waals surface area contributed by atoms with Crippen LogP contribution in [-0.2, 0) is 11.3 Å². The van der Waals surface area contributed by atoms with Crippen molar-refractivity contribution in [1.29, 1.82) is 0 Å². The summed E-state index contributed by atoms with van der Waals surface area (Å²) in [7, 11) is 0. The summed E-state index contributed by atoms with van der Waals surface area (Å²) in [6.45, 7) is 1.12. The third kappa shape index (κ3) is 2.19. The van der Waals surface area contributed by atoms with E-state index >= 15 is 0 Å². The Kier molecular flexibility index (Phi) is 2.75. The second-order valence-electron chi connectivity index (χ2n) is 3.86. The third-order valence-electron chi connectivity index (χ3n) is 2.66. The van der Waals surface area contributed by atoms with Crippen molar-refractivity contribution in [2.24, 2.45) is 5.73 Å². The summed E-state index contributed by atoms with van der Waals surface area (Å²) in [5, 5.41) is 9.00. The van der Waals surface area contributed by atoms with Crippen LogP contribution in [0, 0.1) is 0 Å². The van der Waals surface area contributed by atoms with Gasteiger partial charge in [-0.05, 0) is 18.6 Å². The number of carbonyl (C=O) groups is 1. The predicted octanol–water partition coefficient (Wildman–Crippen LogP) is 0.266. The van der Waals surface area contributed by atoms with Crippen LogP contribution in [0.4, 0.5) is 0 Å². The van der Waals surface area contributed by atoms with Gasteiger partial charge in [0.05, 0.1) is 12.8 Å². The van der Waals surface area contributed by atoms with Gasteiger partial charge in [0.15, 0.2) is 0 Å². The molecule has 2 atom stereocenters. The molecule has 0 amide bonds. The van der Waals surface area contributed by atoms with Crippen LogP contribution in [0.25, 0.3) is 0 Å². The molecule has 1 fully saturated rings. The maximum absolute atomic E-state index is 11.0. The minimum atomic E-state index is -0.811. The molecule has 0 bridgehead atoms. The molecular weight excluding hydrogens is 196 g/mol. The first kappa shape index (κ1) is 10.2. The zero-order valence-electron chi connectivity index (χ0n) is 8.30. The Bertz CT molecular complexity index is 336. The fourth-order valence-corrected chi connectivity index (χ4v) is 1.97. The number of hydrogen-bond acceptors (Lipinski definition) is 4. The highest BCUT2D eigenvalue weighted by Gasteiger charge is 2.35. The summed E-state index contributed by atoms with van der Waals surface area (Å²) in [5.74, 6) is -0.0372. The van der Waals surface area contributed by atoms with Gasteiger partial charge in [-0.1, -0.05) is 0 Å². The van der Waals surface area contributed by atoms with E-state index in [0.717, 1.165) is 5.76 Å². The Balaban J connectivity index is 2.04. The number of hydrogen-bond donors (Lipinski definition) is 2. The van der Waals surface area contributed by atoms with Crippen LogP contribution in [0.2, 0.25) is 0 Å². The van der Waals surface area contributed by atoms with E-state index < -0.39 is 12.0 Å². The lowest BCUT2D eigenvalue weighted by molar-refractivity contribution is -0.142. The number of nitrogens with zero attached hydrogens (tertiary/aromatic N) is 1. The molecule has 3 N–H and O–H groups in total. The maximum Gasteiger partial charge on any atom is 0.320 e. The Morgan fingerprint density at radius 3 is 3.13 bits per heavy atom.